The lowest BCUT2D eigenvalue weighted by atomic mass is 9.99. The molecule has 0 aliphatic rings. The van der Waals surface area contributed by atoms with Gasteiger partial charge in [-0.2, -0.15) is 0 Å². The van der Waals surface area contributed by atoms with Crippen molar-refractivity contribution in [1.82, 2.24) is 0 Å². The van der Waals surface area contributed by atoms with E-state index in [1.54, 1.807) is 0 Å². The van der Waals surface area contributed by atoms with Crippen molar-refractivity contribution in [2.45, 2.75) is 6.04 Å². The summed E-state index contributed by atoms with van der Waals surface area (Å²) in [6.07, 6.45) is 0. The number of nitrogen functional groups attached to an aromatic ring is 2. The van der Waals surface area contributed by atoms with E-state index in [1.807, 2.05) is 30.3 Å². The first-order valence-corrected chi connectivity index (χ1v) is 4.75. The number of rotatable bonds is 1. The summed E-state index contributed by atoms with van der Waals surface area (Å²) >= 11 is 0. The molecule has 2 aromatic rings. The van der Waals surface area contributed by atoms with Crippen LogP contribution in [0.3, 0.4) is 0 Å². The van der Waals surface area contributed by atoms with E-state index in [9.17, 15) is 0 Å². The van der Waals surface area contributed by atoms with Gasteiger partial charge in [0.15, 0.2) is 0 Å². The smallest absolute Gasteiger partial charge is 0.0323 e. The maximum atomic E-state index is 5.79. The van der Waals surface area contributed by atoms with Crippen LogP contribution in [-0.2, 0) is 0 Å². The minimum absolute atomic E-state index is 0.278. The second-order valence-electron chi connectivity index (χ2n) is 3.70. The van der Waals surface area contributed by atoms with Gasteiger partial charge in [-0.15, -0.1) is 0 Å². The molecule has 3 heteroatoms. The van der Waals surface area contributed by atoms with Crippen molar-refractivity contribution in [2.24, 2.45) is 5.73 Å². The Labute approximate surface area is 88.9 Å². The van der Waals surface area contributed by atoms with Crippen molar-refractivity contribution in [3.05, 3.63) is 42.8 Å². The molecule has 1 radical (unpaired) electrons. The minimum Gasteiger partial charge on any atom is -0.399 e. The summed E-state index contributed by atoms with van der Waals surface area (Å²) in [5.74, 6) is 0. The molecule has 2 aromatic carbocycles. The average Bonchev–Trinajstić information content (AvgIpc) is 2.15. The van der Waals surface area contributed by atoms with Crippen LogP contribution in [0.2, 0.25) is 0 Å². The van der Waals surface area contributed by atoms with E-state index in [4.69, 9.17) is 17.2 Å². The molecular weight excluding hydrogens is 186 g/mol. The van der Waals surface area contributed by atoms with E-state index in [-0.39, 0.29) is 6.04 Å². The predicted molar refractivity (Wildman–Crippen MR) is 65.1 cm³/mol. The first kappa shape index (κ1) is 9.80. The highest BCUT2D eigenvalue weighted by molar-refractivity contribution is 5.91. The third-order valence-corrected chi connectivity index (χ3v) is 2.43. The zero-order valence-corrected chi connectivity index (χ0v) is 8.40. The molecule has 0 saturated carbocycles. The van der Waals surface area contributed by atoms with E-state index in [0.717, 1.165) is 22.0 Å². The summed E-state index contributed by atoms with van der Waals surface area (Å²) in [7, 11) is 0. The second kappa shape index (κ2) is 3.44. The summed E-state index contributed by atoms with van der Waals surface area (Å²) in [6, 6.07) is 9.15. The number of hydrogen-bond acceptors (Lipinski definition) is 3. The van der Waals surface area contributed by atoms with Crippen LogP contribution in [-0.4, -0.2) is 0 Å². The van der Waals surface area contributed by atoms with Crippen molar-refractivity contribution >= 4 is 22.1 Å². The molecule has 6 N–H and O–H groups in total. The maximum absolute atomic E-state index is 5.79. The Morgan fingerprint density at radius 1 is 1.00 bits per heavy atom. The van der Waals surface area contributed by atoms with Crippen LogP contribution in [0.15, 0.2) is 30.3 Å². The van der Waals surface area contributed by atoms with Crippen molar-refractivity contribution < 1.29 is 0 Å². The van der Waals surface area contributed by atoms with Crippen LogP contribution in [0.1, 0.15) is 11.6 Å². The van der Waals surface area contributed by atoms with Gasteiger partial charge in [-0.3, -0.25) is 0 Å². The van der Waals surface area contributed by atoms with Crippen molar-refractivity contribution in [1.29, 1.82) is 0 Å². The predicted octanol–water partition coefficient (Wildman–Crippen LogP) is 1.84. The van der Waals surface area contributed by atoms with Gasteiger partial charge in [0.2, 0.25) is 0 Å². The fourth-order valence-corrected chi connectivity index (χ4v) is 1.75. The zero-order chi connectivity index (χ0) is 11.0. The lowest BCUT2D eigenvalue weighted by Gasteiger charge is -2.11. The third kappa shape index (κ3) is 1.74. The Morgan fingerprint density at radius 2 is 1.67 bits per heavy atom. The molecular formula is C12H14N3. The molecule has 0 saturated heterocycles. The minimum atomic E-state index is -0.278. The summed E-state index contributed by atoms with van der Waals surface area (Å²) in [4.78, 5) is 0. The van der Waals surface area contributed by atoms with Crippen molar-refractivity contribution in [3.8, 4) is 0 Å². The molecule has 0 heterocycles. The highest BCUT2D eigenvalue weighted by Gasteiger charge is 2.06. The van der Waals surface area contributed by atoms with Gasteiger partial charge in [-0.25, -0.2) is 0 Å². The number of nitrogens with two attached hydrogens (primary N) is 3. The van der Waals surface area contributed by atoms with Crippen LogP contribution < -0.4 is 17.2 Å². The van der Waals surface area contributed by atoms with E-state index in [2.05, 4.69) is 6.92 Å². The Kier molecular flexibility index (Phi) is 2.25. The van der Waals surface area contributed by atoms with E-state index < -0.39 is 0 Å². The Hall–Kier alpha value is -1.74. The van der Waals surface area contributed by atoms with Crippen LogP contribution in [0, 0.1) is 6.92 Å². The molecule has 0 aliphatic carbocycles. The number of fused-ring (bicyclic) bond motifs is 1. The topological polar surface area (TPSA) is 78.1 Å². The van der Waals surface area contributed by atoms with E-state index in [0.29, 0.717) is 5.69 Å². The van der Waals surface area contributed by atoms with Gasteiger partial charge in [0.1, 0.15) is 0 Å². The molecule has 1 unspecified atom stereocenters. The molecule has 0 bridgehead atoms. The standard InChI is InChI=1S/C12H14N3/c1-7(13)12-6-10(15)5-8-4-9(14)2-3-11(8)12/h2-7H,1,13-15H2. The quantitative estimate of drug-likeness (QED) is 0.614. The van der Waals surface area contributed by atoms with Gasteiger partial charge in [0.25, 0.3) is 0 Å². The normalized spacial score (nSPS) is 12.9. The van der Waals surface area contributed by atoms with Gasteiger partial charge in [0, 0.05) is 17.4 Å². The first-order chi connectivity index (χ1) is 7.08. The Balaban J connectivity index is 2.80. The molecule has 2 rings (SSSR count). The molecule has 3 nitrogen and oxygen atoms in total. The van der Waals surface area contributed by atoms with Crippen LogP contribution in [0.4, 0.5) is 11.4 Å². The monoisotopic (exact) mass is 200 g/mol. The third-order valence-electron chi connectivity index (χ3n) is 2.43. The SMILES string of the molecule is [CH2]C(N)c1cc(N)cc2cc(N)ccc12. The van der Waals surface area contributed by atoms with Gasteiger partial charge in [-0.05, 0) is 47.5 Å². The van der Waals surface area contributed by atoms with Crippen LogP contribution in [0.5, 0.6) is 0 Å². The van der Waals surface area contributed by atoms with Gasteiger partial charge in [-0.1, -0.05) is 6.07 Å². The largest absolute Gasteiger partial charge is 0.399 e. The molecule has 0 aliphatic heterocycles. The highest BCUT2D eigenvalue weighted by atomic mass is 14.6. The summed E-state index contributed by atoms with van der Waals surface area (Å²) < 4.78 is 0. The molecule has 77 valence electrons. The van der Waals surface area contributed by atoms with Gasteiger partial charge < -0.3 is 17.2 Å². The van der Waals surface area contributed by atoms with Crippen LogP contribution in [0.25, 0.3) is 10.8 Å². The van der Waals surface area contributed by atoms with Crippen LogP contribution >= 0.6 is 0 Å². The second-order valence-corrected chi connectivity index (χ2v) is 3.70. The fourth-order valence-electron chi connectivity index (χ4n) is 1.75. The Bertz CT molecular complexity index is 498. The maximum Gasteiger partial charge on any atom is 0.0323 e. The van der Waals surface area contributed by atoms with E-state index in [1.165, 1.54) is 0 Å². The Morgan fingerprint density at radius 3 is 2.33 bits per heavy atom. The molecule has 0 spiro atoms. The lowest BCUT2D eigenvalue weighted by molar-refractivity contribution is 0.919. The molecule has 1 atom stereocenters. The summed E-state index contributed by atoms with van der Waals surface area (Å²) in [5, 5.41) is 2.06. The van der Waals surface area contributed by atoms with Crippen molar-refractivity contribution in [2.75, 3.05) is 11.5 Å². The van der Waals surface area contributed by atoms with E-state index >= 15 is 0 Å². The molecule has 15 heavy (non-hydrogen) atoms. The molecule has 0 amide bonds. The molecule has 0 aromatic heterocycles. The highest BCUT2D eigenvalue weighted by Crippen LogP contribution is 2.27. The van der Waals surface area contributed by atoms with Gasteiger partial charge >= 0.3 is 0 Å². The fraction of sp³-hybridized carbons (Fsp3) is 0.0833. The average molecular weight is 200 g/mol. The molecule has 0 fully saturated rings. The summed E-state index contributed by atoms with van der Waals surface area (Å²) in [6.45, 7) is 3.81. The first-order valence-electron chi connectivity index (χ1n) is 4.75. The number of benzene rings is 2. The number of hydrogen-bond donors (Lipinski definition) is 3. The lowest BCUT2D eigenvalue weighted by Crippen LogP contribution is -2.06. The zero-order valence-electron chi connectivity index (χ0n) is 8.40. The van der Waals surface area contributed by atoms with Gasteiger partial charge in [0.05, 0.1) is 0 Å². The number of anilines is 2. The summed E-state index contributed by atoms with van der Waals surface area (Å²) in [5.41, 5.74) is 19.6. The van der Waals surface area contributed by atoms with Crippen molar-refractivity contribution in [3.63, 3.8) is 0 Å².